The van der Waals surface area contributed by atoms with Crippen LogP contribution < -0.4 is 4.74 Å². The molecule has 0 saturated carbocycles. The van der Waals surface area contributed by atoms with E-state index < -0.39 is 11.2 Å². The molecule has 5 rings (SSSR count). The summed E-state index contributed by atoms with van der Waals surface area (Å²) in [6, 6.07) is 7.85. The van der Waals surface area contributed by atoms with Gasteiger partial charge in [0.1, 0.15) is 22.6 Å². The summed E-state index contributed by atoms with van der Waals surface area (Å²) in [5.74, 6) is 0.382. The van der Waals surface area contributed by atoms with Gasteiger partial charge in [0.2, 0.25) is 0 Å². The normalized spacial score (nSPS) is 14.2. The zero-order chi connectivity index (χ0) is 39.0. The number of ether oxygens (including phenoxy) is 3. The molecule has 288 valence electrons. The van der Waals surface area contributed by atoms with Crippen molar-refractivity contribution in [3.63, 3.8) is 0 Å². The molecule has 1 aliphatic rings. The van der Waals surface area contributed by atoms with Gasteiger partial charge >= 0.3 is 12.1 Å². The van der Waals surface area contributed by atoms with Crippen LogP contribution >= 0.6 is 23.2 Å². The first-order valence-corrected chi connectivity index (χ1v) is 19.2. The van der Waals surface area contributed by atoms with E-state index in [4.69, 9.17) is 42.5 Å². The minimum Gasteiger partial charge on any atom is -0.494 e. The van der Waals surface area contributed by atoms with Gasteiger partial charge in [-0.1, -0.05) is 29.3 Å². The molecule has 0 aliphatic carbocycles. The van der Waals surface area contributed by atoms with E-state index in [0.29, 0.717) is 69.4 Å². The van der Waals surface area contributed by atoms with Crippen LogP contribution in [0.3, 0.4) is 0 Å². The predicted molar refractivity (Wildman–Crippen MR) is 213 cm³/mol. The third-order valence-electron chi connectivity index (χ3n) is 9.54. The van der Waals surface area contributed by atoms with Crippen LogP contribution in [-0.2, 0) is 29.5 Å². The molecular formula is C41H55Cl2N5O5. The summed E-state index contributed by atoms with van der Waals surface area (Å²) < 4.78 is 21.9. The van der Waals surface area contributed by atoms with Crippen molar-refractivity contribution in [2.45, 2.75) is 99.8 Å². The van der Waals surface area contributed by atoms with Crippen molar-refractivity contribution in [2.24, 2.45) is 7.05 Å². The Bertz CT molecular complexity index is 1970. The second kappa shape index (κ2) is 15.9. The van der Waals surface area contributed by atoms with E-state index in [1.54, 1.807) is 4.90 Å². The molecule has 2 aromatic carbocycles. The van der Waals surface area contributed by atoms with E-state index in [9.17, 15) is 9.59 Å². The Balaban J connectivity index is 1.55. The van der Waals surface area contributed by atoms with Crippen molar-refractivity contribution in [3.8, 4) is 16.9 Å². The second-order valence-electron chi connectivity index (χ2n) is 16.1. The Morgan fingerprint density at radius 1 is 0.849 bits per heavy atom. The number of amides is 1. The summed E-state index contributed by atoms with van der Waals surface area (Å²) in [4.78, 5) is 31.2. The monoisotopic (exact) mass is 767 g/mol. The highest BCUT2D eigenvalue weighted by Crippen LogP contribution is 2.42. The van der Waals surface area contributed by atoms with Gasteiger partial charge in [0.15, 0.2) is 0 Å². The quantitative estimate of drug-likeness (QED) is 0.117. The molecule has 1 amide bonds. The molecule has 0 bridgehead atoms. The number of benzene rings is 2. The summed E-state index contributed by atoms with van der Waals surface area (Å²) in [5.41, 5.74) is 6.59. The van der Waals surface area contributed by atoms with Crippen LogP contribution in [0, 0.1) is 27.7 Å². The molecule has 1 saturated heterocycles. The standard InChI is InChI=1S/C41H55Cl2N5O5/c1-25-23-29(24-26(2)35(25)43)51-22-12-13-30-31-14-15-32(42)34(33-27(3)44-45(11)28(33)4)36(31)48(37(30)38(49)52-40(5,6)7)21-18-46-16-19-47(20-17-46)39(50)53-41(8,9)10/h14-15,23-24H,12-13,16-22H2,1-11H3. The molecule has 0 spiro atoms. The maximum absolute atomic E-state index is 14.4. The highest BCUT2D eigenvalue weighted by Gasteiger charge is 2.32. The lowest BCUT2D eigenvalue weighted by Crippen LogP contribution is -2.50. The van der Waals surface area contributed by atoms with Crippen LogP contribution in [-0.4, -0.2) is 86.7 Å². The number of carbonyl (C=O) groups is 2. The SMILES string of the molecule is Cc1cc(OCCCc2c(C(=O)OC(C)(C)C)n(CCN3CCN(C(=O)OC(C)(C)C)CC3)c3c(-c4c(C)nn(C)c4C)c(Cl)ccc23)cc(C)c1Cl. The number of piperazine rings is 1. The van der Waals surface area contributed by atoms with Crippen molar-refractivity contribution in [1.29, 1.82) is 0 Å². The number of esters is 1. The summed E-state index contributed by atoms with van der Waals surface area (Å²) in [5, 5.41) is 7.00. The van der Waals surface area contributed by atoms with E-state index in [2.05, 4.69) is 9.47 Å². The van der Waals surface area contributed by atoms with Gasteiger partial charge in [-0.05, 0) is 117 Å². The lowest BCUT2D eigenvalue weighted by molar-refractivity contribution is 0.00509. The molecule has 53 heavy (non-hydrogen) atoms. The maximum Gasteiger partial charge on any atom is 0.410 e. The van der Waals surface area contributed by atoms with Gasteiger partial charge in [-0.25, -0.2) is 9.59 Å². The third-order valence-corrected chi connectivity index (χ3v) is 10.5. The molecule has 1 aliphatic heterocycles. The second-order valence-corrected chi connectivity index (χ2v) is 16.9. The van der Waals surface area contributed by atoms with Crippen LogP contribution in [0.25, 0.3) is 22.0 Å². The molecule has 0 atom stereocenters. The Labute approximate surface area is 324 Å². The number of fused-ring (bicyclic) bond motifs is 1. The molecule has 12 heteroatoms. The maximum atomic E-state index is 14.4. The highest BCUT2D eigenvalue weighted by molar-refractivity contribution is 6.35. The molecular weight excluding hydrogens is 713 g/mol. The number of nitrogens with zero attached hydrogens (tertiary/aromatic N) is 5. The number of halogens is 2. The molecule has 0 unspecified atom stereocenters. The summed E-state index contributed by atoms with van der Waals surface area (Å²) in [6.45, 7) is 23.3. The van der Waals surface area contributed by atoms with E-state index in [1.807, 2.05) is 105 Å². The third kappa shape index (κ3) is 9.33. The number of hydrogen-bond acceptors (Lipinski definition) is 7. The number of aryl methyl sites for hydroxylation is 5. The summed E-state index contributed by atoms with van der Waals surface area (Å²) in [6.07, 6.45) is 0.937. The Kier molecular flexibility index (Phi) is 12.2. The number of aromatic nitrogens is 3. The van der Waals surface area contributed by atoms with E-state index in [0.717, 1.165) is 60.9 Å². The first-order valence-electron chi connectivity index (χ1n) is 18.4. The number of rotatable bonds is 10. The lowest BCUT2D eigenvalue weighted by atomic mass is 9.98. The fourth-order valence-corrected chi connectivity index (χ4v) is 7.41. The highest BCUT2D eigenvalue weighted by atomic mass is 35.5. The van der Waals surface area contributed by atoms with Crippen LogP contribution in [0.2, 0.25) is 10.0 Å². The van der Waals surface area contributed by atoms with Gasteiger partial charge in [0.25, 0.3) is 0 Å². The lowest BCUT2D eigenvalue weighted by Gasteiger charge is -2.35. The van der Waals surface area contributed by atoms with Gasteiger partial charge in [-0.15, -0.1) is 0 Å². The number of hydrogen-bond donors (Lipinski definition) is 0. The van der Waals surface area contributed by atoms with Gasteiger partial charge in [0.05, 0.1) is 22.8 Å². The first kappa shape index (κ1) is 40.5. The fourth-order valence-electron chi connectivity index (χ4n) is 7.05. The molecule has 3 heterocycles. The average Bonchev–Trinajstić information content (AvgIpc) is 3.50. The van der Waals surface area contributed by atoms with E-state index in [-0.39, 0.29) is 12.1 Å². The topological polar surface area (TPSA) is 91.1 Å². The van der Waals surface area contributed by atoms with Crippen molar-refractivity contribution < 1.29 is 23.8 Å². The van der Waals surface area contributed by atoms with Crippen molar-refractivity contribution in [1.82, 2.24) is 24.1 Å². The molecule has 4 aromatic rings. The molecule has 2 aromatic heterocycles. The molecule has 0 radical (unpaired) electrons. The Morgan fingerprint density at radius 2 is 1.47 bits per heavy atom. The zero-order valence-corrected chi connectivity index (χ0v) is 34.7. The van der Waals surface area contributed by atoms with Crippen molar-refractivity contribution >= 4 is 46.2 Å². The smallest absolute Gasteiger partial charge is 0.410 e. The van der Waals surface area contributed by atoms with Crippen LogP contribution in [0.5, 0.6) is 5.75 Å². The molecule has 0 N–H and O–H groups in total. The Hall–Kier alpha value is -3.73. The van der Waals surface area contributed by atoms with E-state index >= 15 is 0 Å². The number of carbonyl (C=O) groups excluding carboxylic acids is 2. The predicted octanol–water partition coefficient (Wildman–Crippen LogP) is 9.10. The van der Waals surface area contributed by atoms with Gasteiger partial charge in [-0.2, -0.15) is 5.10 Å². The van der Waals surface area contributed by atoms with Crippen LogP contribution in [0.15, 0.2) is 24.3 Å². The minimum absolute atomic E-state index is 0.294. The van der Waals surface area contributed by atoms with Crippen molar-refractivity contribution in [2.75, 3.05) is 39.3 Å². The van der Waals surface area contributed by atoms with Gasteiger partial charge in [-0.3, -0.25) is 9.58 Å². The largest absolute Gasteiger partial charge is 0.494 e. The van der Waals surface area contributed by atoms with Crippen molar-refractivity contribution in [3.05, 3.63) is 68.1 Å². The van der Waals surface area contributed by atoms with Crippen LogP contribution in [0.1, 0.15) is 86.5 Å². The van der Waals surface area contributed by atoms with Crippen LogP contribution in [0.4, 0.5) is 4.79 Å². The van der Waals surface area contributed by atoms with E-state index in [1.165, 1.54) is 0 Å². The zero-order valence-electron chi connectivity index (χ0n) is 33.2. The first-order chi connectivity index (χ1) is 24.8. The van der Waals surface area contributed by atoms with Gasteiger partial charge < -0.3 is 23.7 Å². The summed E-state index contributed by atoms with van der Waals surface area (Å²) >= 11 is 13.5. The molecule has 10 nitrogen and oxygen atoms in total. The summed E-state index contributed by atoms with van der Waals surface area (Å²) in [7, 11) is 1.93. The van der Waals surface area contributed by atoms with Gasteiger partial charge in [0, 0.05) is 73.5 Å². The Morgan fingerprint density at radius 3 is 2.04 bits per heavy atom. The molecule has 1 fully saturated rings. The fraction of sp³-hybridized carbons (Fsp3) is 0.537. The minimum atomic E-state index is -0.710. The average molecular weight is 769 g/mol.